The lowest BCUT2D eigenvalue weighted by Crippen LogP contribution is -2.32. The van der Waals surface area contributed by atoms with Crippen LogP contribution in [-0.4, -0.2) is 38.1 Å². The van der Waals surface area contributed by atoms with Crippen LogP contribution < -0.4 is 10.1 Å². The first-order valence-electron chi connectivity index (χ1n) is 7.32. The predicted molar refractivity (Wildman–Crippen MR) is 79.0 cm³/mol. The highest BCUT2D eigenvalue weighted by Crippen LogP contribution is 2.28. The number of methoxy groups -OCH3 is 1. The van der Waals surface area contributed by atoms with Gasteiger partial charge in [-0.15, -0.1) is 0 Å². The number of aliphatic hydroxyl groups excluding tert-OH is 1. The molecule has 2 N–H and O–H groups in total. The van der Waals surface area contributed by atoms with Gasteiger partial charge in [-0.05, 0) is 43.4 Å². The SMILES string of the molecule is COc1ccc([C@H](C)NCC(O)COCC2CC2)cc1. The number of benzene rings is 1. The van der Waals surface area contributed by atoms with Gasteiger partial charge in [0.05, 0.1) is 19.8 Å². The highest BCUT2D eigenvalue weighted by Gasteiger charge is 2.21. The van der Waals surface area contributed by atoms with Gasteiger partial charge in [0.2, 0.25) is 0 Å². The third kappa shape index (κ3) is 5.12. The first kappa shape index (κ1) is 15.3. The molecule has 0 heterocycles. The van der Waals surface area contributed by atoms with Gasteiger partial charge in [-0.3, -0.25) is 0 Å². The summed E-state index contributed by atoms with van der Waals surface area (Å²) >= 11 is 0. The molecule has 0 aliphatic heterocycles. The lowest BCUT2D eigenvalue weighted by Gasteiger charge is -2.18. The molecule has 2 atom stereocenters. The average Bonchev–Trinajstić information content (AvgIpc) is 3.29. The van der Waals surface area contributed by atoms with E-state index in [4.69, 9.17) is 9.47 Å². The van der Waals surface area contributed by atoms with Crippen LogP contribution in [0.4, 0.5) is 0 Å². The molecular weight excluding hydrogens is 254 g/mol. The van der Waals surface area contributed by atoms with Crippen LogP contribution in [0, 0.1) is 5.92 Å². The number of hydrogen-bond acceptors (Lipinski definition) is 4. The summed E-state index contributed by atoms with van der Waals surface area (Å²) in [5, 5.41) is 13.2. The number of hydrogen-bond donors (Lipinski definition) is 2. The second kappa shape index (κ2) is 7.62. The first-order valence-corrected chi connectivity index (χ1v) is 7.32. The second-order valence-electron chi connectivity index (χ2n) is 5.54. The van der Waals surface area contributed by atoms with Gasteiger partial charge >= 0.3 is 0 Å². The van der Waals surface area contributed by atoms with E-state index in [9.17, 15) is 5.11 Å². The van der Waals surface area contributed by atoms with Crippen molar-refractivity contribution in [1.29, 1.82) is 0 Å². The van der Waals surface area contributed by atoms with Crippen LogP contribution in [0.1, 0.15) is 31.4 Å². The molecule has 4 nitrogen and oxygen atoms in total. The standard InChI is InChI=1S/C16H25NO3/c1-12(14-5-7-16(19-2)8-6-14)17-9-15(18)11-20-10-13-3-4-13/h5-8,12-13,15,17-18H,3-4,9-11H2,1-2H3/t12-,15?/m0/s1. The van der Waals surface area contributed by atoms with Gasteiger partial charge in [0, 0.05) is 19.2 Å². The van der Waals surface area contributed by atoms with Gasteiger partial charge in [0.25, 0.3) is 0 Å². The smallest absolute Gasteiger partial charge is 0.118 e. The van der Waals surface area contributed by atoms with E-state index in [-0.39, 0.29) is 6.04 Å². The van der Waals surface area contributed by atoms with Crippen LogP contribution >= 0.6 is 0 Å². The highest BCUT2D eigenvalue weighted by molar-refractivity contribution is 5.28. The van der Waals surface area contributed by atoms with Gasteiger partial charge < -0.3 is 19.9 Å². The summed E-state index contributed by atoms with van der Waals surface area (Å²) in [6, 6.07) is 8.16. The fourth-order valence-corrected chi connectivity index (χ4v) is 2.04. The van der Waals surface area contributed by atoms with Gasteiger partial charge in [0.15, 0.2) is 0 Å². The van der Waals surface area contributed by atoms with Crippen molar-refractivity contribution in [2.45, 2.75) is 31.9 Å². The normalized spacial score (nSPS) is 17.8. The van der Waals surface area contributed by atoms with E-state index in [0.29, 0.717) is 13.2 Å². The lowest BCUT2D eigenvalue weighted by atomic mass is 10.1. The topological polar surface area (TPSA) is 50.7 Å². The summed E-state index contributed by atoms with van der Waals surface area (Å²) in [6.45, 7) is 3.83. The molecule has 0 spiro atoms. The zero-order chi connectivity index (χ0) is 14.4. The Morgan fingerprint density at radius 2 is 2.00 bits per heavy atom. The fraction of sp³-hybridized carbons (Fsp3) is 0.625. The number of nitrogens with one attached hydrogen (secondary N) is 1. The molecule has 0 aromatic heterocycles. The van der Waals surface area contributed by atoms with E-state index >= 15 is 0 Å². The molecule has 0 bridgehead atoms. The van der Waals surface area contributed by atoms with Gasteiger partial charge in [-0.2, -0.15) is 0 Å². The van der Waals surface area contributed by atoms with Crippen LogP contribution in [-0.2, 0) is 4.74 Å². The molecule has 1 aromatic carbocycles. The van der Waals surface area contributed by atoms with Crippen LogP contribution in [0.3, 0.4) is 0 Å². The lowest BCUT2D eigenvalue weighted by molar-refractivity contribution is 0.0315. The van der Waals surface area contributed by atoms with Gasteiger partial charge in [-0.25, -0.2) is 0 Å². The van der Waals surface area contributed by atoms with Crippen molar-refractivity contribution in [3.63, 3.8) is 0 Å². The summed E-state index contributed by atoms with van der Waals surface area (Å²) in [4.78, 5) is 0. The van der Waals surface area contributed by atoms with Crippen LogP contribution in [0.5, 0.6) is 5.75 Å². The molecular formula is C16H25NO3. The number of rotatable bonds is 9. The minimum Gasteiger partial charge on any atom is -0.497 e. The highest BCUT2D eigenvalue weighted by atomic mass is 16.5. The summed E-state index contributed by atoms with van der Waals surface area (Å²) in [7, 11) is 1.66. The van der Waals surface area contributed by atoms with E-state index in [1.165, 1.54) is 18.4 Å². The van der Waals surface area contributed by atoms with Crippen molar-refractivity contribution in [2.75, 3.05) is 26.9 Å². The van der Waals surface area contributed by atoms with Gasteiger partial charge in [-0.1, -0.05) is 12.1 Å². The molecule has 1 aliphatic rings. The van der Waals surface area contributed by atoms with Gasteiger partial charge in [0.1, 0.15) is 5.75 Å². The quantitative estimate of drug-likeness (QED) is 0.727. The molecule has 0 radical (unpaired) electrons. The Kier molecular flexibility index (Phi) is 5.83. The molecule has 4 heteroatoms. The van der Waals surface area contributed by atoms with Crippen molar-refractivity contribution in [3.8, 4) is 5.75 Å². The maximum atomic E-state index is 9.85. The Hall–Kier alpha value is -1.10. The maximum absolute atomic E-state index is 9.85. The monoisotopic (exact) mass is 279 g/mol. The molecule has 1 unspecified atom stereocenters. The Bertz CT molecular complexity index is 389. The van der Waals surface area contributed by atoms with Crippen molar-refractivity contribution >= 4 is 0 Å². The third-order valence-corrected chi connectivity index (χ3v) is 3.64. The largest absolute Gasteiger partial charge is 0.497 e. The molecule has 1 saturated carbocycles. The molecule has 0 saturated heterocycles. The molecule has 1 fully saturated rings. The minimum atomic E-state index is -0.450. The summed E-state index contributed by atoms with van der Waals surface area (Å²) in [5.41, 5.74) is 1.18. The van der Waals surface area contributed by atoms with Crippen LogP contribution in [0.15, 0.2) is 24.3 Å². The third-order valence-electron chi connectivity index (χ3n) is 3.64. The van der Waals surface area contributed by atoms with E-state index in [0.717, 1.165) is 18.3 Å². The van der Waals surface area contributed by atoms with Crippen molar-refractivity contribution in [1.82, 2.24) is 5.32 Å². The second-order valence-corrected chi connectivity index (χ2v) is 5.54. The minimum absolute atomic E-state index is 0.194. The predicted octanol–water partition coefficient (Wildman–Crippen LogP) is 2.13. The van der Waals surface area contributed by atoms with E-state index < -0.39 is 6.10 Å². The molecule has 20 heavy (non-hydrogen) atoms. The molecule has 1 aromatic rings. The van der Waals surface area contributed by atoms with E-state index in [1.54, 1.807) is 7.11 Å². The summed E-state index contributed by atoms with van der Waals surface area (Å²) in [5.74, 6) is 1.60. The average molecular weight is 279 g/mol. The number of ether oxygens (including phenoxy) is 2. The Labute approximate surface area is 121 Å². The Balaban J connectivity index is 1.65. The zero-order valence-electron chi connectivity index (χ0n) is 12.3. The zero-order valence-corrected chi connectivity index (χ0v) is 12.3. The maximum Gasteiger partial charge on any atom is 0.118 e. The Morgan fingerprint density at radius 3 is 2.60 bits per heavy atom. The first-order chi connectivity index (χ1) is 9.69. The Morgan fingerprint density at radius 1 is 1.30 bits per heavy atom. The van der Waals surface area contributed by atoms with Crippen LogP contribution in [0.2, 0.25) is 0 Å². The molecule has 112 valence electrons. The summed E-state index contributed by atoms with van der Waals surface area (Å²) < 4.78 is 10.6. The fourth-order valence-electron chi connectivity index (χ4n) is 2.04. The van der Waals surface area contributed by atoms with E-state index in [2.05, 4.69) is 12.2 Å². The number of aliphatic hydroxyl groups is 1. The van der Waals surface area contributed by atoms with E-state index in [1.807, 2.05) is 24.3 Å². The van der Waals surface area contributed by atoms with Crippen molar-refractivity contribution in [3.05, 3.63) is 29.8 Å². The van der Waals surface area contributed by atoms with Crippen molar-refractivity contribution in [2.24, 2.45) is 5.92 Å². The van der Waals surface area contributed by atoms with Crippen LogP contribution in [0.25, 0.3) is 0 Å². The molecule has 0 amide bonds. The summed E-state index contributed by atoms with van der Waals surface area (Å²) in [6.07, 6.45) is 2.11. The molecule has 2 rings (SSSR count). The molecule has 1 aliphatic carbocycles. The van der Waals surface area contributed by atoms with Crippen molar-refractivity contribution < 1.29 is 14.6 Å².